The second-order valence-electron chi connectivity index (χ2n) is 3.38. The molecule has 0 bridgehead atoms. The first-order chi connectivity index (χ1) is 6.29. The lowest BCUT2D eigenvalue weighted by Gasteiger charge is -1.94. The number of rotatable bonds is 2. The van der Waals surface area contributed by atoms with Crippen molar-refractivity contribution < 1.29 is 5.11 Å². The Kier molecular flexibility index (Phi) is 2.19. The highest BCUT2D eigenvalue weighted by Gasteiger charge is 2.15. The SMILES string of the molecule is CCn1cc(C2=CC(O)CC2)cn1. The van der Waals surface area contributed by atoms with Crippen LogP contribution in [-0.4, -0.2) is 21.0 Å². The van der Waals surface area contributed by atoms with Crippen LogP contribution in [0, 0.1) is 0 Å². The molecule has 1 aliphatic carbocycles. The van der Waals surface area contributed by atoms with Crippen LogP contribution in [0.1, 0.15) is 25.3 Å². The normalized spacial score (nSPS) is 22.0. The largest absolute Gasteiger partial charge is 0.389 e. The Balaban J connectivity index is 2.21. The number of aromatic nitrogens is 2. The highest BCUT2D eigenvalue weighted by atomic mass is 16.3. The zero-order chi connectivity index (χ0) is 9.26. The van der Waals surface area contributed by atoms with Crippen molar-refractivity contribution >= 4 is 5.57 Å². The lowest BCUT2D eigenvalue weighted by molar-refractivity contribution is 0.223. The molecule has 0 fully saturated rings. The molecule has 3 heteroatoms. The van der Waals surface area contributed by atoms with Crippen LogP contribution in [0.2, 0.25) is 0 Å². The van der Waals surface area contributed by atoms with E-state index in [-0.39, 0.29) is 6.10 Å². The molecular weight excluding hydrogens is 164 g/mol. The predicted octanol–water partition coefficient (Wildman–Crippen LogP) is 1.44. The number of nitrogens with zero attached hydrogens (tertiary/aromatic N) is 2. The smallest absolute Gasteiger partial charge is 0.0730 e. The Hall–Kier alpha value is -1.09. The van der Waals surface area contributed by atoms with Crippen LogP contribution >= 0.6 is 0 Å². The molecular formula is C10H14N2O. The van der Waals surface area contributed by atoms with E-state index >= 15 is 0 Å². The lowest BCUT2D eigenvalue weighted by atomic mass is 10.1. The van der Waals surface area contributed by atoms with Crippen molar-refractivity contribution in [2.24, 2.45) is 0 Å². The molecule has 2 rings (SSSR count). The maximum absolute atomic E-state index is 9.32. The van der Waals surface area contributed by atoms with Crippen molar-refractivity contribution in [3.8, 4) is 0 Å². The van der Waals surface area contributed by atoms with Gasteiger partial charge < -0.3 is 5.11 Å². The van der Waals surface area contributed by atoms with Crippen LogP contribution in [0.4, 0.5) is 0 Å². The summed E-state index contributed by atoms with van der Waals surface area (Å²) in [6.45, 7) is 2.96. The standard InChI is InChI=1S/C10H14N2O/c1-2-12-7-9(6-11-12)8-3-4-10(13)5-8/h5-7,10,13H,2-4H2,1H3. The lowest BCUT2D eigenvalue weighted by Crippen LogP contribution is -1.93. The maximum atomic E-state index is 9.32. The Morgan fingerprint density at radius 2 is 2.54 bits per heavy atom. The molecule has 1 unspecified atom stereocenters. The molecule has 13 heavy (non-hydrogen) atoms. The molecule has 0 amide bonds. The van der Waals surface area contributed by atoms with Gasteiger partial charge in [-0.2, -0.15) is 5.10 Å². The Morgan fingerprint density at radius 3 is 3.08 bits per heavy atom. The van der Waals surface area contributed by atoms with Crippen molar-refractivity contribution in [3.05, 3.63) is 24.0 Å². The summed E-state index contributed by atoms with van der Waals surface area (Å²) in [6.07, 6.45) is 7.40. The van der Waals surface area contributed by atoms with Crippen molar-refractivity contribution in [2.75, 3.05) is 0 Å². The van der Waals surface area contributed by atoms with Gasteiger partial charge in [0.2, 0.25) is 0 Å². The number of allylic oxidation sites excluding steroid dienone is 1. The number of aliphatic hydroxyl groups is 1. The number of aliphatic hydroxyl groups excluding tert-OH is 1. The van der Waals surface area contributed by atoms with Gasteiger partial charge in [-0.25, -0.2) is 0 Å². The van der Waals surface area contributed by atoms with Gasteiger partial charge in [-0.05, 0) is 25.3 Å². The highest BCUT2D eigenvalue weighted by molar-refractivity contribution is 5.66. The van der Waals surface area contributed by atoms with Crippen molar-refractivity contribution in [1.82, 2.24) is 9.78 Å². The van der Waals surface area contributed by atoms with Crippen LogP contribution < -0.4 is 0 Å². The third kappa shape index (κ3) is 1.65. The molecule has 1 aromatic rings. The zero-order valence-corrected chi connectivity index (χ0v) is 7.77. The van der Waals surface area contributed by atoms with Crippen LogP contribution in [0.15, 0.2) is 18.5 Å². The fourth-order valence-corrected chi connectivity index (χ4v) is 1.65. The number of hydrogen-bond donors (Lipinski definition) is 1. The zero-order valence-electron chi connectivity index (χ0n) is 7.77. The molecule has 0 radical (unpaired) electrons. The van der Waals surface area contributed by atoms with Crippen molar-refractivity contribution in [1.29, 1.82) is 0 Å². The Morgan fingerprint density at radius 1 is 1.69 bits per heavy atom. The van der Waals surface area contributed by atoms with E-state index in [1.54, 1.807) is 0 Å². The van der Waals surface area contributed by atoms with Gasteiger partial charge >= 0.3 is 0 Å². The average Bonchev–Trinajstić information content (AvgIpc) is 2.71. The monoisotopic (exact) mass is 178 g/mol. The van der Waals surface area contributed by atoms with E-state index < -0.39 is 0 Å². The Bertz CT molecular complexity index is 327. The first kappa shape index (κ1) is 8.51. The van der Waals surface area contributed by atoms with Gasteiger partial charge in [0, 0.05) is 18.3 Å². The third-order valence-corrected chi connectivity index (χ3v) is 2.43. The van der Waals surface area contributed by atoms with Gasteiger partial charge in [0.05, 0.1) is 12.3 Å². The molecule has 0 saturated heterocycles. The van der Waals surface area contributed by atoms with E-state index in [1.165, 1.54) is 5.57 Å². The van der Waals surface area contributed by atoms with Crippen molar-refractivity contribution in [3.63, 3.8) is 0 Å². The summed E-state index contributed by atoms with van der Waals surface area (Å²) in [5.74, 6) is 0. The van der Waals surface area contributed by atoms with Crippen LogP contribution in [0.5, 0.6) is 0 Å². The molecule has 1 aliphatic rings. The molecule has 1 aromatic heterocycles. The molecule has 0 spiro atoms. The quantitative estimate of drug-likeness (QED) is 0.744. The summed E-state index contributed by atoms with van der Waals surface area (Å²) in [6, 6.07) is 0. The minimum absolute atomic E-state index is 0.250. The molecule has 1 atom stereocenters. The summed E-state index contributed by atoms with van der Waals surface area (Å²) >= 11 is 0. The van der Waals surface area contributed by atoms with E-state index in [0.717, 1.165) is 24.9 Å². The maximum Gasteiger partial charge on any atom is 0.0730 e. The van der Waals surface area contributed by atoms with Gasteiger partial charge in [-0.1, -0.05) is 6.08 Å². The van der Waals surface area contributed by atoms with Crippen LogP contribution in [-0.2, 0) is 6.54 Å². The molecule has 0 aromatic carbocycles. The van der Waals surface area contributed by atoms with Gasteiger partial charge in [0.1, 0.15) is 0 Å². The topological polar surface area (TPSA) is 38.0 Å². The molecule has 1 heterocycles. The highest BCUT2D eigenvalue weighted by Crippen LogP contribution is 2.27. The van der Waals surface area contributed by atoms with Gasteiger partial charge in [0.25, 0.3) is 0 Å². The van der Waals surface area contributed by atoms with Gasteiger partial charge in [0.15, 0.2) is 0 Å². The fraction of sp³-hybridized carbons (Fsp3) is 0.500. The minimum atomic E-state index is -0.250. The first-order valence-corrected chi connectivity index (χ1v) is 4.71. The number of aryl methyl sites for hydroxylation is 1. The summed E-state index contributed by atoms with van der Waals surface area (Å²) in [5, 5.41) is 13.5. The van der Waals surface area contributed by atoms with Crippen LogP contribution in [0.3, 0.4) is 0 Å². The molecule has 0 saturated carbocycles. The van der Waals surface area contributed by atoms with Gasteiger partial charge in [-0.15, -0.1) is 0 Å². The molecule has 70 valence electrons. The number of hydrogen-bond acceptors (Lipinski definition) is 2. The summed E-state index contributed by atoms with van der Waals surface area (Å²) in [4.78, 5) is 0. The van der Waals surface area contributed by atoms with Crippen LogP contribution in [0.25, 0.3) is 5.57 Å². The predicted molar refractivity (Wildman–Crippen MR) is 51.1 cm³/mol. The minimum Gasteiger partial charge on any atom is -0.389 e. The molecule has 0 aliphatic heterocycles. The first-order valence-electron chi connectivity index (χ1n) is 4.71. The Labute approximate surface area is 77.7 Å². The van der Waals surface area contributed by atoms with Crippen molar-refractivity contribution in [2.45, 2.75) is 32.4 Å². The molecule has 1 N–H and O–H groups in total. The van der Waals surface area contributed by atoms with E-state index in [4.69, 9.17) is 0 Å². The average molecular weight is 178 g/mol. The fourth-order valence-electron chi connectivity index (χ4n) is 1.65. The van der Waals surface area contributed by atoms with E-state index in [9.17, 15) is 5.11 Å². The van der Waals surface area contributed by atoms with Gasteiger partial charge in [-0.3, -0.25) is 4.68 Å². The van der Waals surface area contributed by atoms with E-state index in [2.05, 4.69) is 12.0 Å². The summed E-state index contributed by atoms with van der Waals surface area (Å²) < 4.78 is 1.90. The molecule has 3 nitrogen and oxygen atoms in total. The second-order valence-corrected chi connectivity index (χ2v) is 3.38. The van der Waals surface area contributed by atoms with E-state index in [0.29, 0.717) is 0 Å². The summed E-state index contributed by atoms with van der Waals surface area (Å²) in [7, 11) is 0. The van der Waals surface area contributed by atoms with E-state index in [1.807, 2.05) is 23.2 Å². The summed E-state index contributed by atoms with van der Waals surface area (Å²) in [5.41, 5.74) is 2.38. The second kappa shape index (κ2) is 3.34. The third-order valence-electron chi connectivity index (χ3n) is 2.43.